The lowest BCUT2D eigenvalue weighted by Crippen LogP contribution is -2.33. The predicted octanol–water partition coefficient (Wildman–Crippen LogP) is 0.178. The fraction of sp³-hybridized carbons (Fsp3) is 0.417. The molecule has 0 amide bonds. The van der Waals surface area contributed by atoms with E-state index in [1.807, 2.05) is 0 Å². The molecule has 0 radical (unpaired) electrons. The Labute approximate surface area is 112 Å². The zero-order chi connectivity index (χ0) is 13.7. The molecule has 0 spiro atoms. The highest BCUT2D eigenvalue weighted by atomic mass is 32.2. The van der Waals surface area contributed by atoms with Crippen LogP contribution in [0, 0.1) is 11.8 Å². The van der Waals surface area contributed by atoms with Crippen molar-refractivity contribution >= 4 is 16.0 Å². The second-order valence-electron chi connectivity index (χ2n) is 4.10. The normalized spacial score (nSPS) is 15.8. The molecule has 0 aliphatic carbocycles. The van der Waals surface area contributed by atoms with Crippen LogP contribution in [-0.2, 0) is 10.2 Å². The van der Waals surface area contributed by atoms with E-state index in [0.717, 1.165) is 12.8 Å². The zero-order valence-electron chi connectivity index (χ0n) is 10.3. The minimum absolute atomic E-state index is 0.233. The molecule has 0 atom stereocenters. The molecule has 19 heavy (non-hydrogen) atoms. The van der Waals surface area contributed by atoms with Gasteiger partial charge in [-0.15, -0.1) is 0 Å². The minimum Gasteiger partial charge on any atom is -0.384 e. The summed E-state index contributed by atoms with van der Waals surface area (Å²) in [7, 11) is -3.53. The van der Waals surface area contributed by atoms with Crippen molar-refractivity contribution in [3.8, 4) is 11.8 Å². The third-order valence-corrected chi connectivity index (χ3v) is 4.22. The van der Waals surface area contributed by atoms with E-state index < -0.39 is 10.2 Å². The zero-order valence-corrected chi connectivity index (χ0v) is 11.2. The number of rotatable bonds is 3. The maximum Gasteiger partial charge on any atom is 0.302 e. The Kier molecular flexibility index (Phi) is 4.37. The monoisotopic (exact) mass is 281 g/mol. The van der Waals surface area contributed by atoms with Crippen molar-refractivity contribution in [3.63, 3.8) is 0 Å². The van der Waals surface area contributed by atoms with Crippen molar-refractivity contribution in [2.24, 2.45) is 0 Å². The van der Waals surface area contributed by atoms with Crippen molar-refractivity contribution in [2.75, 3.05) is 24.4 Å². The van der Waals surface area contributed by atoms with Crippen molar-refractivity contribution in [3.05, 3.63) is 23.9 Å². The van der Waals surface area contributed by atoms with Crippen molar-refractivity contribution in [2.45, 2.75) is 12.8 Å². The van der Waals surface area contributed by atoms with E-state index in [0.29, 0.717) is 18.7 Å². The molecule has 2 rings (SSSR count). The summed E-state index contributed by atoms with van der Waals surface area (Å²) in [6.07, 6.45) is 3.25. The van der Waals surface area contributed by atoms with Crippen LogP contribution in [-0.4, -0.2) is 42.5 Å². The van der Waals surface area contributed by atoms with Crippen LogP contribution >= 0.6 is 0 Å². The first kappa shape index (κ1) is 13.8. The van der Waals surface area contributed by atoms with Gasteiger partial charge >= 0.3 is 10.2 Å². The van der Waals surface area contributed by atoms with E-state index in [1.54, 1.807) is 6.07 Å². The summed E-state index contributed by atoms with van der Waals surface area (Å²) >= 11 is 0. The summed E-state index contributed by atoms with van der Waals surface area (Å²) in [5.41, 5.74) is 0.600. The standard InChI is InChI=1S/C12H15N3O3S/c16-9-3-4-11-5-6-13-12(10-11)14-19(17,18)15-7-1-2-8-15/h5-6,10,16H,1-2,7-9H2,(H,13,14). The van der Waals surface area contributed by atoms with Gasteiger partial charge in [0.25, 0.3) is 0 Å². The summed E-state index contributed by atoms with van der Waals surface area (Å²) in [6.45, 7) is 0.843. The number of aliphatic hydroxyl groups is 1. The van der Waals surface area contributed by atoms with Crippen molar-refractivity contribution < 1.29 is 13.5 Å². The highest BCUT2D eigenvalue weighted by molar-refractivity contribution is 7.90. The van der Waals surface area contributed by atoms with Gasteiger partial charge in [-0.05, 0) is 25.0 Å². The Morgan fingerprint density at radius 2 is 2.16 bits per heavy atom. The fourth-order valence-electron chi connectivity index (χ4n) is 1.83. The summed E-state index contributed by atoms with van der Waals surface area (Å²) < 4.78 is 27.9. The van der Waals surface area contributed by atoms with Crippen LogP contribution < -0.4 is 4.72 Å². The lowest BCUT2D eigenvalue weighted by Gasteiger charge is -2.16. The molecule has 1 aromatic heterocycles. The maximum absolute atomic E-state index is 12.0. The highest BCUT2D eigenvalue weighted by Crippen LogP contribution is 2.15. The molecule has 1 aliphatic heterocycles. The third kappa shape index (κ3) is 3.67. The number of anilines is 1. The molecule has 1 saturated heterocycles. The average molecular weight is 281 g/mol. The SMILES string of the molecule is O=S(=O)(Nc1cc(C#CCO)ccn1)N1CCCC1. The molecule has 2 N–H and O–H groups in total. The van der Waals surface area contributed by atoms with Gasteiger partial charge in [-0.3, -0.25) is 4.72 Å². The molecule has 2 heterocycles. The molecule has 6 nitrogen and oxygen atoms in total. The van der Waals surface area contributed by atoms with Crippen LogP contribution in [0.3, 0.4) is 0 Å². The van der Waals surface area contributed by atoms with Gasteiger partial charge in [-0.2, -0.15) is 12.7 Å². The number of aliphatic hydroxyl groups excluding tert-OH is 1. The van der Waals surface area contributed by atoms with E-state index >= 15 is 0 Å². The van der Waals surface area contributed by atoms with Crippen molar-refractivity contribution in [1.29, 1.82) is 0 Å². The third-order valence-electron chi connectivity index (χ3n) is 2.71. The maximum atomic E-state index is 12.0. The smallest absolute Gasteiger partial charge is 0.302 e. The first-order chi connectivity index (χ1) is 9.12. The fourth-order valence-corrected chi connectivity index (χ4v) is 3.07. The van der Waals surface area contributed by atoms with Gasteiger partial charge in [-0.1, -0.05) is 11.8 Å². The molecular weight excluding hydrogens is 266 g/mol. The summed E-state index contributed by atoms with van der Waals surface area (Å²) in [6, 6.07) is 3.19. The van der Waals surface area contributed by atoms with E-state index in [9.17, 15) is 8.42 Å². The first-order valence-electron chi connectivity index (χ1n) is 5.95. The Morgan fingerprint density at radius 3 is 2.84 bits per heavy atom. The second kappa shape index (κ2) is 6.02. The molecule has 0 unspecified atom stereocenters. The number of nitrogens with zero attached hydrogens (tertiary/aromatic N) is 2. The van der Waals surface area contributed by atoms with Gasteiger partial charge in [0, 0.05) is 24.8 Å². The van der Waals surface area contributed by atoms with E-state index in [4.69, 9.17) is 5.11 Å². The Bertz CT molecular complexity index is 598. The quantitative estimate of drug-likeness (QED) is 0.774. The molecule has 1 aliphatic rings. The second-order valence-corrected chi connectivity index (χ2v) is 5.77. The van der Waals surface area contributed by atoms with Crippen LogP contribution in [0.5, 0.6) is 0 Å². The molecule has 1 aromatic rings. The van der Waals surface area contributed by atoms with E-state index in [-0.39, 0.29) is 12.4 Å². The van der Waals surface area contributed by atoms with Gasteiger partial charge in [-0.25, -0.2) is 4.98 Å². The molecule has 0 saturated carbocycles. The Hall–Kier alpha value is -1.62. The van der Waals surface area contributed by atoms with Gasteiger partial charge in [0.05, 0.1) is 0 Å². The predicted molar refractivity (Wildman–Crippen MR) is 71.6 cm³/mol. The van der Waals surface area contributed by atoms with Crippen LogP contribution in [0.4, 0.5) is 5.82 Å². The lowest BCUT2D eigenvalue weighted by atomic mass is 10.2. The largest absolute Gasteiger partial charge is 0.384 e. The van der Waals surface area contributed by atoms with Crippen molar-refractivity contribution in [1.82, 2.24) is 9.29 Å². The lowest BCUT2D eigenvalue weighted by molar-refractivity contribution is 0.350. The van der Waals surface area contributed by atoms with E-state index in [1.165, 1.54) is 16.6 Å². The van der Waals surface area contributed by atoms with Crippen LogP contribution in [0.1, 0.15) is 18.4 Å². The van der Waals surface area contributed by atoms with Gasteiger partial charge in [0.1, 0.15) is 12.4 Å². The van der Waals surface area contributed by atoms with E-state index in [2.05, 4.69) is 21.5 Å². The number of nitrogens with one attached hydrogen (secondary N) is 1. The Balaban J connectivity index is 2.14. The minimum atomic E-state index is -3.53. The van der Waals surface area contributed by atoms with Gasteiger partial charge < -0.3 is 5.11 Å². The average Bonchev–Trinajstić information content (AvgIpc) is 2.91. The molecule has 1 fully saturated rings. The van der Waals surface area contributed by atoms with Crippen LogP contribution in [0.25, 0.3) is 0 Å². The topological polar surface area (TPSA) is 82.5 Å². The van der Waals surface area contributed by atoms with Crippen LogP contribution in [0.2, 0.25) is 0 Å². The Morgan fingerprint density at radius 1 is 1.42 bits per heavy atom. The molecular formula is C12H15N3O3S. The highest BCUT2D eigenvalue weighted by Gasteiger charge is 2.25. The molecule has 7 heteroatoms. The number of hydrogen-bond acceptors (Lipinski definition) is 4. The number of aromatic nitrogens is 1. The summed E-state index contributed by atoms with van der Waals surface area (Å²) in [4.78, 5) is 3.96. The van der Waals surface area contributed by atoms with Gasteiger partial charge in [0.15, 0.2) is 0 Å². The van der Waals surface area contributed by atoms with Crippen LogP contribution in [0.15, 0.2) is 18.3 Å². The molecule has 0 bridgehead atoms. The molecule has 0 aromatic carbocycles. The molecule has 102 valence electrons. The first-order valence-corrected chi connectivity index (χ1v) is 7.39. The van der Waals surface area contributed by atoms with Gasteiger partial charge in [0.2, 0.25) is 0 Å². The summed E-state index contributed by atoms with van der Waals surface area (Å²) in [5, 5.41) is 8.62. The number of hydrogen-bond donors (Lipinski definition) is 2. The number of pyridine rings is 1. The summed E-state index contributed by atoms with van der Waals surface area (Å²) in [5.74, 6) is 5.43.